The zero-order chi connectivity index (χ0) is 26.3. The molecule has 2 amide bonds. The highest BCUT2D eigenvalue weighted by Crippen LogP contribution is 2.28. The van der Waals surface area contributed by atoms with Crippen LogP contribution in [0.1, 0.15) is 25.0 Å². The van der Waals surface area contributed by atoms with E-state index in [1.165, 1.54) is 48.3 Å². The number of benzene rings is 3. The van der Waals surface area contributed by atoms with Crippen molar-refractivity contribution in [2.45, 2.75) is 37.8 Å². The normalized spacial score (nSPS) is 12.0. The van der Waals surface area contributed by atoms with E-state index in [1.807, 2.05) is 19.1 Å². The highest BCUT2D eigenvalue weighted by molar-refractivity contribution is 7.92. The molecule has 0 aliphatic rings. The van der Waals surface area contributed by atoms with Gasteiger partial charge in [-0.3, -0.25) is 13.9 Å². The maximum Gasteiger partial charge on any atom is 0.264 e. The van der Waals surface area contributed by atoms with Crippen molar-refractivity contribution >= 4 is 27.5 Å². The van der Waals surface area contributed by atoms with Crippen LogP contribution in [-0.2, 0) is 32.6 Å². The van der Waals surface area contributed by atoms with Crippen molar-refractivity contribution in [1.29, 1.82) is 0 Å². The Bertz CT molecular complexity index is 1300. The predicted octanol–water partition coefficient (Wildman–Crippen LogP) is 3.75. The van der Waals surface area contributed by atoms with Gasteiger partial charge in [0.1, 0.15) is 18.4 Å². The Hall–Kier alpha value is -3.72. The first kappa shape index (κ1) is 26.9. The number of carbonyl (C=O) groups excluding carboxylic acids is 2. The van der Waals surface area contributed by atoms with Gasteiger partial charge in [-0.2, -0.15) is 0 Å². The van der Waals surface area contributed by atoms with Crippen molar-refractivity contribution in [2.75, 3.05) is 17.9 Å². The summed E-state index contributed by atoms with van der Waals surface area (Å²) in [4.78, 5) is 27.5. The fraction of sp³-hybridized carbons (Fsp3) is 0.259. The second kappa shape index (κ2) is 11.8. The van der Waals surface area contributed by atoms with Gasteiger partial charge >= 0.3 is 0 Å². The lowest BCUT2D eigenvalue weighted by atomic mass is 10.1. The van der Waals surface area contributed by atoms with Crippen LogP contribution in [-0.4, -0.2) is 44.8 Å². The van der Waals surface area contributed by atoms with Crippen LogP contribution in [0.4, 0.5) is 10.1 Å². The average Bonchev–Trinajstić information content (AvgIpc) is 2.90. The fourth-order valence-electron chi connectivity index (χ4n) is 3.86. The molecule has 0 saturated carbocycles. The minimum Gasteiger partial charge on any atom is -0.357 e. The number of para-hydroxylation sites is 1. The number of hydrogen-bond donors (Lipinski definition) is 1. The van der Waals surface area contributed by atoms with Crippen LogP contribution in [0, 0.1) is 5.82 Å². The first-order valence-corrected chi connectivity index (χ1v) is 13.0. The molecule has 0 unspecified atom stereocenters. The summed E-state index contributed by atoms with van der Waals surface area (Å²) in [6.45, 7) is 2.96. The van der Waals surface area contributed by atoms with E-state index in [9.17, 15) is 22.4 Å². The second-order valence-corrected chi connectivity index (χ2v) is 10.1. The smallest absolute Gasteiger partial charge is 0.264 e. The summed E-state index contributed by atoms with van der Waals surface area (Å²) in [5, 5.41) is 2.53. The molecule has 3 rings (SSSR count). The Morgan fingerprint density at radius 3 is 2.17 bits per heavy atom. The zero-order valence-electron chi connectivity index (χ0n) is 20.5. The molecule has 0 radical (unpaired) electrons. The summed E-state index contributed by atoms with van der Waals surface area (Å²) in [6.07, 6.45) is 0.555. The first-order valence-electron chi connectivity index (χ1n) is 11.6. The van der Waals surface area contributed by atoms with Crippen LogP contribution in [0.25, 0.3) is 0 Å². The molecule has 0 aliphatic heterocycles. The Balaban J connectivity index is 2.05. The monoisotopic (exact) mass is 511 g/mol. The number of halogens is 1. The van der Waals surface area contributed by atoms with Crippen LogP contribution in [0.3, 0.4) is 0 Å². The van der Waals surface area contributed by atoms with Crippen molar-refractivity contribution in [1.82, 2.24) is 10.2 Å². The summed E-state index contributed by atoms with van der Waals surface area (Å²) in [6, 6.07) is 19.6. The molecule has 7 nitrogen and oxygen atoms in total. The summed E-state index contributed by atoms with van der Waals surface area (Å²) in [5.74, 6) is -1.40. The van der Waals surface area contributed by atoms with E-state index >= 15 is 0 Å². The van der Waals surface area contributed by atoms with Gasteiger partial charge in [0, 0.05) is 13.6 Å². The molecule has 1 N–H and O–H groups in total. The third-order valence-electron chi connectivity index (χ3n) is 5.93. The van der Waals surface area contributed by atoms with Gasteiger partial charge in [-0.1, -0.05) is 55.5 Å². The van der Waals surface area contributed by atoms with E-state index in [-0.39, 0.29) is 11.4 Å². The molecule has 0 heterocycles. The number of nitrogens with zero attached hydrogens (tertiary/aromatic N) is 2. The van der Waals surface area contributed by atoms with Gasteiger partial charge in [0.25, 0.3) is 10.0 Å². The Morgan fingerprint density at radius 2 is 1.56 bits per heavy atom. The molecule has 3 aromatic rings. The molecule has 1 atom stereocenters. The van der Waals surface area contributed by atoms with E-state index in [0.29, 0.717) is 17.7 Å². The number of amides is 2. The SMILES string of the molecule is CCc1ccccc1N(CC(=O)N(Cc1ccc(F)cc1)[C@@H](C)C(=O)NC)S(=O)(=O)c1ccccc1. The van der Waals surface area contributed by atoms with Gasteiger partial charge in [-0.15, -0.1) is 0 Å². The second-order valence-electron chi connectivity index (χ2n) is 8.25. The maximum absolute atomic E-state index is 13.7. The number of likely N-dealkylation sites (N-methyl/N-ethyl adjacent to an activating group) is 1. The molecule has 0 spiro atoms. The molecule has 190 valence electrons. The predicted molar refractivity (Wildman–Crippen MR) is 137 cm³/mol. The fourth-order valence-corrected chi connectivity index (χ4v) is 5.34. The van der Waals surface area contributed by atoms with E-state index in [1.54, 1.807) is 37.3 Å². The molecule has 0 fully saturated rings. The van der Waals surface area contributed by atoms with Crippen molar-refractivity contribution in [2.24, 2.45) is 0 Å². The van der Waals surface area contributed by atoms with Gasteiger partial charge in [0.15, 0.2) is 0 Å². The lowest BCUT2D eigenvalue weighted by molar-refractivity contribution is -0.139. The zero-order valence-corrected chi connectivity index (χ0v) is 21.3. The Labute approximate surface area is 211 Å². The van der Waals surface area contributed by atoms with Crippen molar-refractivity contribution in [3.63, 3.8) is 0 Å². The van der Waals surface area contributed by atoms with Crippen LogP contribution in [0.2, 0.25) is 0 Å². The number of nitrogens with one attached hydrogen (secondary N) is 1. The van der Waals surface area contributed by atoms with Crippen LogP contribution < -0.4 is 9.62 Å². The van der Waals surface area contributed by atoms with Crippen LogP contribution in [0.15, 0.2) is 83.8 Å². The van der Waals surface area contributed by atoms with Crippen molar-refractivity contribution in [3.8, 4) is 0 Å². The van der Waals surface area contributed by atoms with Gasteiger partial charge in [0.05, 0.1) is 10.6 Å². The molecule has 36 heavy (non-hydrogen) atoms. The third-order valence-corrected chi connectivity index (χ3v) is 7.71. The van der Waals surface area contributed by atoms with Gasteiger partial charge in [-0.05, 0) is 54.8 Å². The number of carbonyl (C=O) groups is 2. The largest absolute Gasteiger partial charge is 0.357 e. The quantitative estimate of drug-likeness (QED) is 0.449. The summed E-state index contributed by atoms with van der Waals surface area (Å²) in [5.41, 5.74) is 1.76. The number of hydrogen-bond acceptors (Lipinski definition) is 4. The third kappa shape index (κ3) is 6.09. The molecule has 0 aliphatic carbocycles. The van der Waals surface area contributed by atoms with Crippen LogP contribution >= 0.6 is 0 Å². The molecule has 9 heteroatoms. The number of anilines is 1. The lowest BCUT2D eigenvalue weighted by Crippen LogP contribution is -2.50. The minimum atomic E-state index is -4.11. The average molecular weight is 512 g/mol. The van der Waals surface area contributed by atoms with E-state index in [2.05, 4.69) is 5.32 Å². The molecule has 0 aromatic heterocycles. The van der Waals surface area contributed by atoms with E-state index in [4.69, 9.17) is 0 Å². The Kier molecular flexibility index (Phi) is 8.82. The molecule has 0 bridgehead atoms. The summed E-state index contributed by atoms with van der Waals surface area (Å²) >= 11 is 0. The highest BCUT2D eigenvalue weighted by atomic mass is 32.2. The summed E-state index contributed by atoms with van der Waals surface area (Å²) < 4.78 is 42.0. The number of aryl methyl sites for hydroxylation is 1. The Morgan fingerprint density at radius 1 is 0.944 bits per heavy atom. The molecule has 3 aromatic carbocycles. The van der Waals surface area contributed by atoms with Gasteiger partial charge < -0.3 is 10.2 Å². The first-order chi connectivity index (χ1) is 17.2. The standard InChI is InChI=1S/C27H30FN3O4S/c1-4-22-10-8-9-13-25(22)31(36(34,35)24-11-6-5-7-12-24)19-26(32)30(20(2)27(33)29-3)18-21-14-16-23(28)17-15-21/h5-17,20H,4,18-19H2,1-3H3,(H,29,33)/t20-/m0/s1. The number of rotatable bonds is 10. The maximum atomic E-state index is 13.7. The van der Waals surface area contributed by atoms with Gasteiger partial charge in [0.2, 0.25) is 11.8 Å². The highest BCUT2D eigenvalue weighted by Gasteiger charge is 2.33. The van der Waals surface area contributed by atoms with E-state index < -0.39 is 40.2 Å². The minimum absolute atomic E-state index is 0.00233. The molecular weight excluding hydrogens is 481 g/mol. The van der Waals surface area contributed by atoms with Gasteiger partial charge in [-0.25, -0.2) is 12.8 Å². The van der Waals surface area contributed by atoms with Crippen molar-refractivity contribution in [3.05, 3.63) is 95.8 Å². The van der Waals surface area contributed by atoms with E-state index in [0.717, 1.165) is 9.87 Å². The number of sulfonamides is 1. The topological polar surface area (TPSA) is 86.8 Å². The lowest BCUT2D eigenvalue weighted by Gasteiger charge is -2.32. The molecule has 0 saturated heterocycles. The summed E-state index contributed by atoms with van der Waals surface area (Å²) in [7, 11) is -2.65. The van der Waals surface area contributed by atoms with Crippen LogP contribution in [0.5, 0.6) is 0 Å². The molecular formula is C27H30FN3O4S. The van der Waals surface area contributed by atoms with Crippen molar-refractivity contribution < 1.29 is 22.4 Å².